The molecule has 0 bridgehead atoms. The molecule has 0 radical (unpaired) electrons. The van der Waals surface area contributed by atoms with E-state index >= 15 is 0 Å². The number of anilines is 1. The van der Waals surface area contributed by atoms with Gasteiger partial charge in [0.2, 0.25) is 0 Å². The molecule has 1 amide bonds. The number of amides is 1. The molecule has 2 aromatic heterocycles. The van der Waals surface area contributed by atoms with E-state index in [1.54, 1.807) is 18.1 Å². The van der Waals surface area contributed by atoms with Crippen LogP contribution in [0.4, 0.5) is 5.82 Å². The second kappa shape index (κ2) is 7.85. The van der Waals surface area contributed by atoms with E-state index in [4.69, 9.17) is 5.73 Å². The molecule has 1 fully saturated rings. The number of aromatic amines is 1. The molecule has 2 atom stereocenters. The summed E-state index contributed by atoms with van der Waals surface area (Å²) < 4.78 is 0. The van der Waals surface area contributed by atoms with Gasteiger partial charge in [-0.15, -0.1) is 24.2 Å². The van der Waals surface area contributed by atoms with Gasteiger partial charge in [-0.05, 0) is 18.4 Å². The zero-order valence-corrected chi connectivity index (χ0v) is 16.2. The van der Waals surface area contributed by atoms with Crippen LogP contribution in [0, 0.1) is 5.92 Å². The number of carbonyl (C=O) groups is 1. The van der Waals surface area contributed by atoms with Gasteiger partial charge in [0.15, 0.2) is 0 Å². The third kappa shape index (κ3) is 3.67. The summed E-state index contributed by atoms with van der Waals surface area (Å²) in [5, 5.41) is 0.964. The summed E-state index contributed by atoms with van der Waals surface area (Å²) in [4.78, 5) is 29.4. The average Bonchev–Trinajstić information content (AvgIpc) is 3.09. The molecule has 2 aliphatic rings. The summed E-state index contributed by atoms with van der Waals surface area (Å²) in [5.74, 6) is 2.21. The van der Waals surface area contributed by atoms with Crippen molar-refractivity contribution in [2.45, 2.75) is 19.4 Å². The Bertz CT molecular complexity index is 814. The normalized spacial score (nSPS) is 23.5. The third-order valence-corrected chi connectivity index (χ3v) is 5.64. The van der Waals surface area contributed by atoms with Crippen molar-refractivity contribution in [1.29, 1.82) is 0 Å². The molecule has 140 valence electrons. The number of hydrogen-bond donors (Lipinski definition) is 2. The lowest BCUT2D eigenvalue weighted by Gasteiger charge is -2.36. The van der Waals surface area contributed by atoms with E-state index in [9.17, 15) is 4.79 Å². The molecule has 0 aliphatic carbocycles. The topological polar surface area (TPSA) is 91.1 Å². The van der Waals surface area contributed by atoms with Gasteiger partial charge in [-0.2, -0.15) is 0 Å². The zero-order chi connectivity index (χ0) is 17.4. The third-order valence-electron chi connectivity index (χ3n) is 4.66. The summed E-state index contributed by atoms with van der Waals surface area (Å²) in [7, 11) is 0. The first-order valence-electron chi connectivity index (χ1n) is 8.56. The number of halogens is 1. The van der Waals surface area contributed by atoms with Crippen LogP contribution in [-0.4, -0.2) is 57.2 Å². The van der Waals surface area contributed by atoms with Gasteiger partial charge in [0.25, 0.3) is 5.91 Å². The van der Waals surface area contributed by atoms with Gasteiger partial charge < -0.3 is 20.5 Å². The molecule has 3 N–H and O–H groups in total. The monoisotopic (exact) mass is 394 g/mol. The van der Waals surface area contributed by atoms with Crippen molar-refractivity contribution >= 4 is 46.9 Å². The van der Waals surface area contributed by atoms with Crippen LogP contribution >= 0.6 is 24.2 Å². The van der Waals surface area contributed by atoms with E-state index < -0.39 is 0 Å². The fraction of sp³-hybridized carbons (Fsp3) is 0.471. The van der Waals surface area contributed by atoms with Crippen LogP contribution in [0.3, 0.4) is 0 Å². The van der Waals surface area contributed by atoms with Crippen LogP contribution in [0.25, 0.3) is 11.0 Å². The number of aromatic nitrogens is 3. The number of fused-ring (bicyclic) bond motifs is 1. The lowest BCUT2D eigenvalue weighted by molar-refractivity contribution is -0.128. The predicted octanol–water partition coefficient (Wildman–Crippen LogP) is 1.97. The highest BCUT2D eigenvalue weighted by Crippen LogP contribution is 2.30. The largest absolute Gasteiger partial charge is 0.346 e. The lowest BCUT2D eigenvalue weighted by Crippen LogP contribution is -2.49. The van der Waals surface area contributed by atoms with Crippen molar-refractivity contribution in [3.8, 4) is 0 Å². The van der Waals surface area contributed by atoms with Gasteiger partial charge in [0.1, 0.15) is 17.8 Å². The summed E-state index contributed by atoms with van der Waals surface area (Å²) in [6.45, 7) is 4.38. The first-order chi connectivity index (χ1) is 12.1. The maximum Gasteiger partial charge on any atom is 0.261 e. The van der Waals surface area contributed by atoms with Gasteiger partial charge in [-0.25, -0.2) is 9.97 Å². The number of piperidine rings is 1. The summed E-state index contributed by atoms with van der Waals surface area (Å²) >= 11 is 1.61. The summed E-state index contributed by atoms with van der Waals surface area (Å²) in [5.41, 5.74) is 6.91. The number of likely N-dealkylation sites (tertiary alicyclic amines) is 1. The molecule has 0 unspecified atom stereocenters. The first kappa shape index (κ1) is 19.0. The Balaban J connectivity index is 0.00000196. The van der Waals surface area contributed by atoms with Crippen molar-refractivity contribution in [2.24, 2.45) is 11.7 Å². The second-order valence-corrected chi connectivity index (χ2v) is 7.92. The Hall–Kier alpha value is -1.77. The van der Waals surface area contributed by atoms with Crippen LogP contribution in [0.1, 0.15) is 13.3 Å². The number of nitrogens with one attached hydrogen (secondary N) is 1. The second-order valence-electron chi connectivity index (χ2n) is 6.78. The molecule has 9 heteroatoms. The number of carbonyl (C=O) groups excluding carboxylic acids is 1. The highest BCUT2D eigenvalue weighted by Gasteiger charge is 2.29. The van der Waals surface area contributed by atoms with Crippen molar-refractivity contribution in [3.63, 3.8) is 0 Å². The highest BCUT2D eigenvalue weighted by molar-refractivity contribution is 8.04. The fourth-order valence-electron chi connectivity index (χ4n) is 3.59. The highest BCUT2D eigenvalue weighted by atomic mass is 35.5. The van der Waals surface area contributed by atoms with E-state index in [2.05, 4.69) is 26.8 Å². The van der Waals surface area contributed by atoms with Crippen LogP contribution in [-0.2, 0) is 4.79 Å². The molecule has 0 aromatic carbocycles. The first-order valence-corrected chi connectivity index (χ1v) is 9.54. The van der Waals surface area contributed by atoms with Crippen molar-refractivity contribution < 1.29 is 4.79 Å². The number of rotatable bonds is 2. The molecule has 0 spiro atoms. The van der Waals surface area contributed by atoms with E-state index in [1.165, 1.54) is 0 Å². The molecular weight excluding hydrogens is 372 g/mol. The predicted molar refractivity (Wildman–Crippen MR) is 107 cm³/mol. The van der Waals surface area contributed by atoms with E-state index in [1.807, 2.05) is 23.4 Å². The molecule has 2 aliphatic heterocycles. The van der Waals surface area contributed by atoms with Gasteiger partial charge in [0.05, 0.1) is 10.3 Å². The van der Waals surface area contributed by atoms with Crippen molar-refractivity contribution in [3.05, 3.63) is 29.7 Å². The SMILES string of the molecule is C[C@@H]1C[C@@H](N)CN(C(=O)C2=CN(c3ncnc4[nH]ccc34)CCS2)C1.Cl. The smallest absolute Gasteiger partial charge is 0.261 e. The minimum atomic E-state index is 0. The Morgan fingerprint density at radius 1 is 1.38 bits per heavy atom. The molecular formula is C17H23ClN6OS. The number of hydrogen-bond acceptors (Lipinski definition) is 6. The maximum atomic E-state index is 13.0. The Kier molecular flexibility index (Phi) is 5.74. The Labute approximate surface area is 162 Å². The van der Waals surface area contributed by atoms with Crippen molar-refractivity contribution in [1.82, 2.24) is 19.9 Å². The number of nitrogens with zero attached hydrogens (tertiary/aromatic N) is 4. The van der Waals surface area contributed by atoms with Gasteiger partial charge in [-0.1, -0.05) is 6.92 Å². The molecule has 1 saturated heterocycles. The van der Waals surface area contributed by atoms with Gasteiger partial charge in [-0.3, -0.25) is 4.79 Å². The maximum absolute atomic E-state index is 13.0. The van der Waals surface area contributed by atoms with E-state index in [-0.39, 0.29) is 24.4 Å². The molecule has 4 rings (SSSR count). The molecule has 2 aromatic rings. The quantitative estimate of drug-likeness (QED) is 0.809. The van der Waals surface area contributed by atoms with Gasteiger partial charge in [0, 0.05) is 43.8 Å². The van der Waals surface area contributed by atoms with E-state index in [0.717, 1.165) is 47.0 Å². The Morgan fingerprint density at radius 3 is 3.04 bits per heavy atom. The lowest BCUT2D eigenvalue weighted by atomic mass is 9.96. The summed E-state index contributed by atoms with van der Waals surface area (Å²) in [6, 6.07) is 2.03. The average molecular weight is 395 g/mol. The molecule has 7 nitrogen and oxygen atoms in total. The molecule has 0 saturated carbocycles. The minimum Gasteiger partial charge on any atom is -0.346 e. The fourth-order valence-corrected chi connectivity index (χ4v) is 4.55. The number of thioether (sulfide) groups is 1. The molecule has 4 heterocycles. The molecule has 26 heavy (non-hydrogen) atoms. The number of H-pyrrole nitrogens is 1. The van der Waals surface area contributed by atoms with Gasteiger partial charge >= 0.3 is 0 Å². The number of nitrogens with two attached hydrogens (primary N) is 1. The standard InChI is InChI=1S/C17H22N6OS.ClH/c1-11-6-12(18)8-23(7-11)17(24)14-9-22(4-5-25-14)16-13-2-3-19-15(13)20-10-21-16;/h2-3,9-12H,4-8,18H2,1H3,(H,19,20,21);1H/t11-,12-;/m1./s1. The van der Waals surface area contributed by atoms with Crippen molar-refractivity contribution in [2.75, 3.05) is 30.3 Å². The van der Waals surface area contributed by atoms with E-state index in [0.29, 0.717) is 12.5 Å². The minimum absolute atomic E-state index is 0. The van der Waals surface area contributed by atoms with Crippen LogP contribution < -0.4 is 10.6 Å². The van der Waals surface area contributed by atoms with Crippen LogP contribution in [0.5, 0.6) is 0 Å². The Morgan fingerprint density at radius 2 is 2.23 bits per heavy atom. The van der Waals surface area contributed by atoms with Crippen LogP contribution in [0.15, 0.2) is 29.7 Å². The summed E-state index contributed by atoms with van der Waals surface area (Å²) in [6.07, 6.45) is 6.31. The van der Waals surface area contributed by atoms with Crippen LogP contribution in [0.2, 0.25) is 0 Å². The zero-order valence-electron chi connectivity index (χ0n) is 14.6.